The predicted octanol–water partition coefficient (Wildman–Crippen LogP) is 2.12. The van der Waals surface area contributed by atoms with Crippen molar-refractivity contribution >= 4 is 33.5 Å². The van der Waals surface area contributed by atoms with Crippen molar-refractivity contribution in [2.24, 2.45) is 0 Å². The Morgan fingerprint density at radius 1 is 1.33 bits per heavy atom. The SMILES string of the molecule is Cc1ccccc1S(=O)(=O)NCC1CSCCS1. The molecule has 1 heterocycles. The van der Waals surface area contributed by atoms with E-state index in [0.717, 1.165) is 17.1 Å². The van der Waals surface area contributed by atoms with Gasteiger partial charge < -0.3 is 0 Å². The van der Waals surface area contributed by atoms with E-state index >= 15 is 0 Å². The fraction of sp³-hybridized carbons (Fsp3) is 0.500. The highest BCUT2D eigenvalue weighted by Gasteiger charge is 2.20. The topological polar surface area (TPSA) is 46.2 Å². The lowest BCUT2D eigenvalue weighted by Crippen LogP contribution is -2.33. The molecule has 1 aromatic carbocycles. The van der Waals surface area contributed by atoms with Crippen molar-refractivity contribution < 1.29 is 8.42 Å². The van der Waals surface area contributed by atoms with Gasteiger partial charge in [0.15, 0.2) is 0 Å². The molecule has 0 aliphatic carbocycles. The van der Waals surface area contributed by atoms with E-state index in [1.807, 2.05) is 42.6 Å². The van der Waals surface area contributed by atoms with E-state index in [1.165, 1.54) is 5.75 Å². The molecule has 1 unspecified atom stereocenters. The molecule has 2 rings (SSSR count). The van der Waals surface area contributed by atoms with Gasteiger partial charge in [0.25, 0.3) is 0 Å². The number of rotatable bonds is 4. The zero-order chi connectivity index (χ0) is 13.0. The fourth-order valence-electron chi connectivity index (χ4n) is 1.79. The molecule has 1 fully saturated rings. The maximum Gasteiger partial charge on any atom is 0.240 e. The van der Waals surface area contributed by atoms with Crippen LogP contribution < -0.4 is 4.72 Å². The summed E-state index contributed by atoms with van der Waals surface area (Å²) >= 11 is 3.75. The van der Waals surface area contributed by atoms with Crippen LogP contribution >= 0.6 is 23.5 Å². The standard InChI is InChI=1S/C12H17NO2S3/c1-10-4-2-3-5-12(10)18(14,15)13-8-11-9-16-6-7-17-11/h2-5,11,13H,6-9H2,1H3. The van der Waals surface area contributed by atoms with Gasteiger partial charge in [0, 0.05) is 29.1 Å². The number of nitrogens with one attached hydrogen (secondary N) is 1. The number of thioether (sulfide) groups is 2. The first-order valence-corrected chi connectivity index (χ1v) is 9.53. The van der Waals surface area contributed by atoms with Gasteiger partial charge in [0.05, 0.1) is 4.90 Å². The summed E-state index contributed by atoms with van der Waals surface area (Å²) in [4.78, 5) is 0.387. The highest BCUT2D eigenvalue weighted by molar-refractivity contribution is 8.06. The quantitative estimate of drug-likeness (QED) is 0.925. The van der Waals surface area contributed by atoms with Gasteiger partial charge in [0.2, 0.25) is 10.0 Å². The number of aryl methyl sites for hydroxylation is 1. The van der Waals surface area contributed by atoms with Crippen LogP contribution in [-0.2, 0) is 10.0 Å². The van der Waals surface area contributed by atoms with Gasteiger partial charge in [-0.3, -0.25) is 0 Å². The van der Waals surface area contributed by atoms with Gasteiger partial charge in [-0.2, -0.15) is 23.5 Å². The Morgan fingerprint density at radius 2 is 2.11 bits per heavy atom. The number of hydrogen-bond acceptors (Lipinski definition) is 4. The van der Waals surface area contributed by atoms with Crippen LogP contribution in [0.1, 0.15) is 5.56 Å². The molecule has 1 atom stereocenters. The first kappa shape index (κ1) is 14.2. The van der Waals surface area contributed by atoms with Gasteiger partial charge in [0.1, 0.15) is 0 Å². The summed E-state index contributed by atoms with van der Waals surface area (Å²) in [6.45, 7) is 2.34. The number of benzene rings is 1. The smallest absolute Gasteiger partial charge is 0.210 e. The van der Waals surface area contributed by atoms with Gasteiger partial charge in [-0.1, -0.05) is 18.2 Å². The van der Waals surface area contributed by atoms with Crippen molar-refractivity contribution in [1.82, 2.24) is 4.72 Å². The van der Waals surface area contributed by atoms with E-state index in [-0.39, 0.29) is 0 Å². The van der Waals surface area contributed by atoms with E-state index in [9.17, 15) is 8.42 Å². The molecule has 18 heavy (non-hydrogen) atoms. The van der Waals surface area contributed by atoms with E-state index in [0.29, 0.717) is 16.7 Å². The van der Waals surface area contributed by atoms with Crippen molar-refractivity contribution in [2.75, 3.05) is 23.8 Å². The summed E-state index contributed by atoms with van der Waals surface area (Å²) in [6.07, 6.45) is 0. The van der Waals surface area contributed by atoms with Crippen molar-refractivity contribution in [3.05, 3.63) is 29.8 Å². The molecule has 1 aliphatic rings. The summed E-state index contributed by atoms with van der Waals surface area (Å²) in [7, 11) is -3.36. The van der Waals surface area contributed by atoms with E-state index in [1.54, 1.807) is 12.1 Å². The zero-order valence-corrected chi connectivity index (χ0v) is 12.7. The zero-order valence-electron chi connectivity index (χ0n) is 10.3. The van der Waals surface area contributed by atoms with Gasteiger partial charge in [-0.25, -0.2) is 13.1 Å². The van der Waals surface area contributed by atoms with Crippen LogP contribution in [0.4, 0.5) is 0 Å². The molecule has 0 bridgehead atoms. The van der Waals surface area contributed by atoms with Gasteiger partial charge >= 0.3 is 0 Å². The summed E-state index contributed by atoms with van der Waals surface area (Å²) < 4.78 is 27.1. The predicted molar refractivity (Wildman–Crippen MR) is 79.9 cm³/mol. The minimum Gasteiger partial charge on any atom is -0.210 e. The molecule has 0 amide bonds. The second kappa shape index (κ2) is 6.32. The highest BCUT2D eigenvalue weighted by Crippen LogP contribution is 2.24. The molecule has 1 aromatic rings. The lowest BCUT2D eigenvalue weighted by molar-refractivity contribution is 0.581. The second-order valence-electron chi connectivity index (χ2n) is 4.19. The lowest BCUT2D eigenvalue weighted by atomic mass is 10.2. The molecule has 0 aromatic heterocycles. The molecule has 0 saturated carbocycles. The van der Waals surface area contributed by atoms with Crippen molar-refractivity contribution in [3.8, 4) is 0 Å². The van der Waals surface area contributed by atoms with E-state index in [2.05, 4.69) is 4.72 Å². The van der Waals surface area contributed by atoms with Crippen molar-refractivity contribution in [2.45, 2.75) is 17.1 Å². The largest absolute Gasteiger partial charge is 0.240 e. The average molecular weight is 303 g/mol. The molecule has 3 nitrogen and oxygen atoms in total. The average Bonchev–Trinajstić information content (AvgIpc) is 2.38. The first-order chi connectivity index (χ1) is 8.59. The normalized spacial score (nSPS) is 20.8. The summed E-state index contributed by atoms with van der Waals surface area (Å²) in [5, 5.41) is 0.391. The molecule has 1 N–H and O–H groups in total. The summed E-state index contributed by atoms with van der Waals surface area (Å²) in [5.74, 6) is 3.31. The van der Waals surface area contributed by atoms with Gasteiger partial charge in [-0.05, 0) is 18.6 Å². The van der Waals surface area contributed by atoms with Crippen LogP contribution in [0.3, 0.4) is 0 Å². The summed E-state index contributed by atoms with van der Waals surface area (Å²) in [6, 6.07) is 7.08. The van der Waals surface area contributed by atoms with Crippen LogP contribution in [0.5, 0.6) is 0 Å². The van der Waals surface area contributed by atoms with Crippen LogP contribution in [0.15, 0.2) is 29.2 Å². The van der Waals surface area contributed by atoms with Crippen molar-refractivity contribution in [3.63, 3.8) is 0 Å². The highest BCUT2D eigenvalue weighted by atomic mass is 32.2. The summed E-state index contributed by atoms with van der Waals surface area (Å²) in [5.41, 5.74) is 0.788. The Hall–Kier alpha value is -0.170. The first-order valence-electron chi connectivity index (χ1n) is 5.84. The third-order valence-electron chi connectivity index (χ3n) is 2.77. The van der Waals surface area contributed by atoms with E-state index < -0.39 is 10.0 Å². The number of sulfonamides is 1. The van der Waals surface area contributed by atoms with Crippen LogP contribution in [-0.4, -0.2) is 37.5 Å². The maximum absolute atomic E-state index is 12.2. The van der Waals surface area contributed by atoms with E-state index in [4.69, 9.17) is 0 Å². The Kier molecular flexibility index (Phi) is 5.00. The molecular formula is C12H17NO2S3. The minimum atomic E-state index is -3.36. The van der Waals surface area contributed by atoms with Crippen LogP contribution in [0.25, 0.3) is 0 Å². The molecule has 0 spiro atoms. The van der Waals surface area contributed by atoms with Crippen LogP contribution in [0.2, 0.25) is 0 Å². The third-order valence-corrected chi connectivity index (χ3v) is 7.20. The second-order valence-corrected chi connectivity index (χ2v) is 8.48. The molecule has 1 saturated heterocycles. The monoisotopic (exact) mass is 303 g/mol. The minimum absolute atomic E-state index is 0.387. The Labute approximate surface area is 117 Å². The molecule has 0 radical (unpaired) electrons. The fourth-order valence-corrected chi connectivity index (χ4v) is 5.84. The van der Waals surface area contributed by atoms with Gasteiger partial charge in [-0.15, -0.1) is 0 Å². The molecule has 1 aliphatic heterocycles. The maximum atomic E-state index is 12.2. The van der Waals surface area contributed by atoms with Crippen LogP contribution in [0, 0.1) is 6.92 Å². The molecular weight excluding hydrogens is 286 g/mol. The van der Waals surface area contributed by atoms with Crippen molar-refractivity contribution in [1.29, 1.82) is 0 Å². The Morgan fingerprint density at radius 3 is 2.78 bits per heavy atom. The Bertz CT molecular complexity index is 496. The third kappa shape index (κ3) is 3.66. The lowest BCUT2D eigenvalue weighted by Gasteiger charge is -2.21. The molecule has 6 heteroatoms. The number of hydrogen-bond donors (Lipinski definition) is 1. The Balaban J connectivity index is 2.01. The molecule has 100 valence electrons.